The van der Waals surface area contributed by atoms with Crippen LogP contribution < -0.4 is 27.4 Å². The molecule has 0 unspecified atom stereocenters. The average Bonchev–Trinajstić information content (AvgIpc) is 3.65. The lowest BCUT2D eigenvalue weighted by Crippen LogP contribution is -2.59. The van der Waals surface area contributed by atoms with Crippen molar-refractivity contribution < 1.29 is 29.1 Å². The van der Waals surface area contributed by atoms with E-state index in [0.29, 0.717) is 44.2 Å². The molecule has 304 valence electrons. The zero-order valence-electron chi connectivity index (χ0n) is 32.4. The van der Waals surface area contributed by atoms with Gasteiger partial charge in [-0.25, -0.2) is 0 Å². The van der Waals surface area contributed by atoms with Crippen LogP contribution in [-0.4, -0.2) is 93.4 Å². The van der Waals surface area contributed by atoms with E-state index in [1.807, 2.05) is 66.7 Å². The third kappa shape index (κ3) is 10.8. The minimum Gasteiger partial charge on any atom is -0.481 e. The maximum absolute atomic E-state index is 14.6. The molecule has 4 atom stereocenters. The molecule has 1 fully saturated rings. The fraction of sp³-hybridized carbons (Fsp3) is 0.364. The van der Waals surface area contributed by atoms with E-state index in [2.05, 4.69) is 25.9 Å². The summed E-state index contributed by atoms with van der Waals surface area (Å²) in [4.78, 5) is 77.3. The Hall–Kier alpha value is -6.12. The van der Waals surface area contributed by atoms with Crippen LogP contribution in [0.5, 0.6) is 0 Å². The van der Waals surface area contributed by atoms with E-state index in [-0.39, 0.29) is 38.3 Å². The number of H-pyrrole nitrogens is 1. The Bertz CT molecular complexity index is 2200. The van der Waals surface area contributed by atoms with Crippen molar-refractivity contribution in [1.29, 1.82) is 0 Å². The highest BCUT2D eigenvalue weighted by Gasteiger charge is 2.35. The number of rotatable bonds is 18. The molecule has 9 N–H and O–H groups in total. The van der Waals surface area contributed by atoms with E-state index in [1.165, 1.54) is 0 Å². The van der Waals surface area contributed by atoms with E-state index in [1.54, 1.807) is 35.6 Å². The summed E-state index contributed by atoms with van der Waals surface area (Å²) >= 11 is 0. The van der Waals surface area contributed by atoms with Crippen LogP contribution in [0.25, 0.3) is 21.7 Å². The fourth-order valence-electron chi connectivity index (χ4n) is 7.53. The number of carbonyl (C=O) groups is 5. The summed E-state index contributed by atoms with van der Waals surface area (Å²) in [7, 11) is 0. The van der Waals surface area contributed by atoms with E-state index < -0.39 is 53.8 Å². The molecular formula is C44H52N8O6. The second kappa shape index (κ2) is 19.8. The number of aromatic amines is 1. The van der Waals surface area contributed by atoms with Crippen molar-refractivity contribution in [2.45, 2.75) is 75.5 Å². The number of amides is 4. The van der Waals surface area contributed by atoms with Crippen LogP contribution >= 0.6 is 0 Å². The Morgan fingerprint density at radius 3 is 2.17 bits per heavy atom. The van der Waals surface area contributed by atoms with Crippen molar-refractivity contribution in [3.63, 3.8) is 0 Å². The number of nitrogens with zero attached hydrogens (tertiary/aromatic N) is 2. The zero-order chi connectivity index (χ0) is 41.0. The van der Waals surface area contributed by atoms with Crippen molar-refractivity contribution >= 4 is 51.3 Å². The second-order valence-corrected chi connectivity index (χ2v) is 15.0. The van der Waals surface area contributed by atoms with Crippen molar-refractivity contribution in [3.8, 4) is 0 Å². The molecule has 14 nitrogen and oxygen atoms in total. The summed E-state index contributed by atoms with van der Waals surface area (Å²) in [6, 6.07) is 20.7. The van der Waals surface area contributed by atoms with Crippen molar-refractivity contribution in [2.24, 2.45) is 17.4 Å². The molecule has 1 aliphatic heterocycles. The number of fused-ring (bicyclic) bond motifs is 2. The summed E-state index contributed by atoms with van der Waals surface area (Å²) in [6.45, 7) is 0.942. The first-order valence-corrected chi connectivity index (χ1v) is 19.9. The van der Waals surface area contributed by atoms with E-state index >= 15 is 0 Å². The number of likely N-dealkylation sites (tertiary alicyclic amines) is 1. The Morgan fingerprint density at radius 2 is 1.45 bits per heavy atom. The average molecular weight is 789 g/mol. The molecule has 5 aromatic rings. The van der Waals surface area contributed by atoms with Crippen LogP contribution in [0.2, 0.25) is 0 Å². The number of nitrogens with one attached hydrogen (secondary N) is 4. The van der Waals surface area contributed by atoms with Gasteiger partial charge in [0.1, 0.15) is 18.1 Å². The summed E-state index contributed by atoms with van der Waals surface area (Å²) in [5.74, 6) is -3.49. The largest absolute Gasteiger partial charge is 0.481 e. The predicted octanol–water partition coefficient (Wildman–Crippen LogP) is 2.98. The number of para-hydroxylation sites is 1. The number of aliphatic carboxylic acids is 1. The van der Waals surface area contributed by atoms with Crippen molar-refractivity contribution in [1.82, 2.24) is 30.8 Å². The molecule has 4 amide bonds. The number of aromatic nitrogens is 2. The molecule has 0 radical (unpaired) electrons. The molecule has 3 heterocycles. The molecule has 14 heteroatoms. The summed E-state index contributed by atoms with van der Waals surface area (Å²) in [5, 5.41) is 21.2. The molecule has 58 heavy (non-hydrogen) atoms. The number of unbranched alkanes of at least 4 members (excludes halogenated alkanes) is 1. The second-order valence-electron chi connectivity index (χ2n) is 15.0. The van der Waals surface area contributed by atoms with Gasteiger partial charge in [-0.3, -0.25) is 29.0 Å². The van der Waals surface area contributed by atoms with Crippen LogP contribution in [0.3, 0.4) is 0 Å². The quantitative estimate of drug-likeness (QED) is 0.0648. The number of carboxylic acids is 1. The first kappa shape index (κ1) is 41.5. The van der Waals surface area contributed by atoms with Gasteiger partial charge >= 0.3 is 5.97 Å². The number of carboxylic acid groups (broad SMARTS) is 1. The zero-order valence-corrected chi connectivity index (χ0v) is 32.4. The van der Waals surface area contributed by atoms with Gasteiger partial charge in [0.25, 0.3) is 0 Å². The number of hydrogen-bond donors (Lipinski definition) is 7. The van der Waals surface area contributed by atoms with Gasteiger partial charge in [0.05, 0.1) is 12.0 Å². The van der Waals surface area contributed by atoms with E-state index in [0.717, 1.165) is 32.8 Å². The molecule has 0 aliphatic carbocycles. The highest BCUT2D eigenvalue weighted by molar-refractivity contribution is 5.96. The third-order valence-corrected chi connectivity index (χ3v) is 10.9. The number of pyridine rings is 1. The first-order valence-electron chi connectivity index (χ1n) is 19.9. The number of piperidine rings is 1. The van der Waals surface area contributed by atoms with Gasteiger partial charge in [0.2, 0.25) is 23.6 Å². The minimum atomic E-state index is -1.18. The van der Waals surface area contributed by atoms with Gasteiger partial charge in [0, 0.05) is 61.8 Å². The van der Waals surface area contributed by atoms with Crippen LogP contribution in [0.15, 0.2) is 97.5 Å². The van der Waals surface area contributed by atoms with Gasteiger partial charge in [0.15, 0.2) is 0 Å². The van der Waals surface area contributed by atoms with Crippen LogP contribution in [-0.2, 0) is 43.2 Å². The lowest BCUT2D eigenvalue weighted by atomic mass is 9.95. The smallest absolute Gasteiger partial charge is 0.306 e. The maximum atomic E-state index is 14.6. The number of benzene rings is 3. The Labute approximate surface area is 337 Å². The van der Waals surface area contributed by atoms with Gasteiger partial charge in [-0.2, -0.15) is 0 Å². The molecule has 0 saturated carbocycles. The van der Waals surface area contributed by atoms with Gasteiger partial charge < -0.3 is 42.4 Å². The molecule has 1 aliphatic rings. The van der Waals surface area contributed by atoms with Gasteiger partial charge in [-0.05, 0) is 71.8 Å². The SMILES string of the molecule is NCCCC[C@H](N)C(=O)N[C@@H](Cc1cccnc1)C(=O)N[C@H](Cc1c[nH]c2ccccc12)C(=O)N[C@H](Cc1ccc2ccccc2c1)C(=O)N1CCC(C(=O)O)CC1. The normalized spacial score (nSPS) is 15.3. The lowest BCUT2D eigenvalue weighted by molar-refractivity contribution is -0.146. The highest BCUT2D eigenvalue weighted by Crippen LogP contribution is 2.22. The number of hydrogen-bond acceptors (Lipinski definition) is 8. The minimum absolute atomic E-state index is 0.0641. The maximum Gasteiger partial charge on any atom is 0.306 e. The monoisotopic (exact) mass is 788 g/mol. The number of carbonyl (C=O) groups excluding carboxylic acids is 4. The highest BCUT2D eigenvalue weighted by atomic mass is 16.4. The predicted molar refractivity (Wildman–Crippen MR) is 221 cm³/mol. The molecule has 3 aromatic carbocycles. The van der Waals surface area contributed by atoms with Crippen molar-refractivity contribution in [3.05, 3.63) is 114 Å². The van der Waals surface area contributed by atoms with Crippen molar-refractivity contribution in [2.75, 3.05) is 19.6 Å². The van der Waals surface area contributed by atoms with Gasteiger partial charge in [-0.1, -0.05) is 73.2 Å². The fourth-order valence-corrected chi connectivity index (χ4v) is 7.53. The standard InChI is InChI=1S/C44H52N8O6/c45-18-6-5-12-35(46)40(53)49-37(24-29-8-7-19-47-26-29)41(54)50-38(25-33-27-48-36-13-4-3-11-34(33)36)42(55)51-39(43(56)52-20-16-31(17-21-52)44(57)58)23-28-14-15-30-9-1-2-10-32(30)22-28/h1-4,7-11,13-15,19,22,26-27,31,35,37-39,48H,5-6,12,16-18,20-21,23-25,45-46H2,(H,49,53)(H,50,54)(H,51,55)(H,57,58)/t35-,37-,38+,39+/m0/s1. The van der Waals surface area contributed by atoms with Crippen LogP contribution in [0.4, 0.5) is 0 Å². The van der Waals surface area contributed by atoms with Crippen LogP contribution in [0, 0.1) is 5.92 Å². The van der Waals surface area contributed by atoms with E-state index in [4.69, 9.17) is 11.5 Å². The summed E-state index contributed by atoms with van der Waals surface area (Å²) in [6.07, 6.45) is 7.64. The molecule has 6 rings (SSSR count). The first-order chi connectivity index (χ1) is 28.1. The summed E-state index contributed by atoms with van der Waals surface area (Å²) < 4.78 is 0. The Kier molecular flexibility index (Phi) is 14.2. The Morgan fingerprint density at radius 1 is 0.776 bits per heavy atom. The Balaban J connectivity index is 1.29. The lowest BCUT2D eigenvalue weighted by Gasteiger charge is -2.33. The topological polar surface area (TPSA) is 226 Å². The number of nitrogens with two attached hydrogens (primary N) is 2. The molecule has 0 spiro atoms. The third-order valence-electron chi connectivity index (χ3n) is 10.9. The molecule has 2 aromatic heterocycles. The molecular weight excluding hydrogens is 737 g/mol. The van der Waals surface area contributed by atoms with Crippen LogP contribution in [0.1, 0.15) is 48.8 Å². The van der Waals surface area contributed by atoms with Gasteiger partial charge in [-0.15, -0.1) is 0 Å². The molecule has 1 saturated heterocycles. The summed E-state index contributed by atoms with van der Waals surface area (Å²) in [5.41, 5.74) is 15.0. The van der Waals surface area contributed by atoms with E-state index in [9.17, 15) is 29.1 Å². The molecule has 0 bridgehead atoms.